The summed E-state index contributed by atoms with van der Waals surface area (Å²) in [5.41, 5.74) is 1.35. The Morgan fingerprint density at radius 2 is 2.06 bits per heavy atom. The monoisotopic (exact) mass is 275 g/mol. The van der Waals surface area contributed by atoms with Crippen molar-refractivity contribution in [1.29, 1.82) is 0 Å². The maximum Gasteiger partial charge on any atom is 0.174 e. The van der Waals surface area contributed by atoms with E-state index in [1.165, 1.54) is 22.7 Å². The van der Waals surface area contributed by atoms with Gasteiger partial charge in [-0.25, -0.2) is 9.97 Å². The molecule has 3 aromatic rings. The number of fused-ring (bicyclic) bond motifs is 1. The molecule has 4 nitrogen and oxygen atoms in total. The van der Waals surface area contributed by atoms with Crippen LogP contribution in [0.1, 0.15) is 14.9 Å². The van der Waals surface area contributed by atoms with Crippen LogP contribution in [0.2, 0.25) is 0 Å². The Morgan fingerprint density at radius 3 is 2.72 bits per heavy atom. The minimum absolute atomic E-state index is 0.439. The zero-order valence-electron chi connectivity index (χ0n) is 9.49. The molecule has 0 amide bonds. The number of para-hydroxylation sites is 1. The fourth-order valence-corrected chi connectivity index (χ4v) is 3.38. The van der Waals surface area contributed by atoms with Crippen LogP contribution >= 0.6 is 22.7 Å². The van der Waals surface area contributed by atoms with Gasteiger partial charge in [0.1, 0.15) is 10.0 Å². The van der Waals surface area contributed by atoms with Crippen molar-refractivity contribution >= 4 is 38.6 Å². The molecular formula is C12H9N3OS2. The summed E-state index contributed by atoms with van der Waals surface area (Å²) in [6.07, 6.45) is 1.76. The van der Waals surface area contributed by atoms with Crippen LogP contribution in [-0.4, -0.2) is 20.9 Å². The lowest BCUT2D eigenvalue weighted by molar-refractivity contribution is 0.319. The number of aryl methyl sites for hydroxylation is 1. The van der Waals surface area contributed by atoms with Crippen molar-refractivity contribution in [3.8, 4) is 0 Å². The molecule has 0 bridgehead atoms. The van der Waals surface area contributed by atoms with Gasteiger partial charge in [-0.15, -0.1) is 22.7 Å². The van der Waals surface area contributed by atoms with Gasteiger partial charge in [0.2, 0.25) is 0 Å². The lowest BCUT2D eigenvalue weighted by Gasteiger charge is -1.93. The molecule has 0 unspecified atom stereocenters. The molecule has 0 radical (unpaired) electrons. The molecule has 18 heavy (non-hydrogen) atoms. The first-order valence-corrected chi connectivity index (χ1v) is 6.92. The van der Waals surface area contributed by atoms with Crippen LogP contribution in [-0.2, 0) is 0 Å². The number of hydrogen-bond acceptors (Lipinski definition) is 6. The van der Waals surface area contributed by atoms with Gasteiger partial charge in [0.05, 0.1) is 10.2 Å². The van der Waals surface area contributed by atoms with E-state index >= 15 is 0 Å². The summed E-state index contributed by atoms with van der Waals surface area (Å²) in [7, 11) is 0. The molecule has 2 aromatic heterocycles. The molecule has 0 saturated carbocycles. The molecule has 0 fully saturated rings. The van der Waals surface area contributed by atoms with Crippen LogP contribution in [0.4, 0.5) is 0 Å². The van der Waals surface area contributed by atoms with Gasteiger partial charge in [-0.05, 0) is 19.1 Å². The van der Waals surface area contributed by atoms with Crippen molar-refractivity contribution in [2.75, 3.05) is 0 Å². The van der Waals surface area contributed by atoms with E-state index < -0.39 is 0 Å². The van der Waals surface area contributed by atoms with Crippen LogP contribution in [0.15, 0.2) is 35.6 Å². The maximum atomic E-state index is 9.19. The number of nitrogens with zero attached hydrogens (tertiary/aromatic N) is 3. The molecule has 0 atom stereocenters. The summed E-state index contributed by atoms with van der Waals surface area (Å²) >= 11 is 2.99. The SMILES string of the molecule is Cc1cnc(/C(=N\O)c2nc3ccccc3s2)s1. The van der Waals surface area contributed by atoms with E-state index in [1.54, 1.807) is 6.20 Å². The fraction of sp³-hybridized carbons (Fsp3) is 0.0833. The average molecular weight is 275 g/mol. The number of thiazole rings is 2. The third-order valence-corrected chi connectivity index (χ3v) is 4.38. The van der Waals surface area contributed by atoms with E-state index in [-0.39, 0.29) is 0 Å². The van der Waals surface area contributed by atoms with Crippen molar-refractivity contribution in [2.24, 2.45) is 5.16 Å². The zero-order chi connectivity index (χ0) is 12.5. The Balaban J connectivity index is 2.12. The molecule has 0 saturated heterocycles. The Labute approximate surface area is 111 Å². The lowest BCUT2D eigenvalue weighted by atomic mass is 10.3. The summed E-state index contributed by atoms with van der Waals surface area (Å²) in [6, 6.07) is 7.85. The standard InChI is InChI=1S/C12H9N3OS2/c1-7-6-13-11(17-7)10(15-16)12-14-8-4-2-3-5-9(8)18-12/h2-6,16H,1H3/b15-10+. The Kier molecular flexibility index (Phi) is 2.81. The van der Waals surface area contributed by atoms with Gasteiger partial charge in [-0.3, -0.25) is 0 Å². The summed E-state index contributed by atoms with van der Waals surface area (Å²) in [5, 5.41) is 13.9. The predicted octanol–water partition coefficient (Wildman–Crippen LogP) is 3.29. The summed E-state index contributed by atoms with van der Waals surface area (Å²) in [6.45, 7) is 1.97. The highest BCUT2D eigenvalue weighted by Gasteiger charge is 2.16. The molecule has 6 heteroatoms. The highest BCUT2D eigenvalue weighted by molar-refractivity contribution is 7.21. The smallest absolute Gasteiger partial charge is 0.174 e. The van der Waals surface area contributed by atoms with E-state index in [0.29, 0.717) is 15.7 Å². The highest BCUT2D eigenvalue weighted by atomic mass is 32.1. The molecule has 0 aliphatic heterocycles. The minimum Gasteiger partial charge on any atom is -0.410 e. The highest BCUT2D eigenvalue weighted by Crippen LogP contribution is 2.25. The quantitative estimate of drug-likeness (QED) is 0.443. The molecule has 0 aliphatic rings. The third kappa shape index (κ3) is 1.89. The van der Waals surface area contributed by atoms with E-state index in [9.17, 15) is 5.21 Å². The minimum atomic E-state index is 0.439. The Hall–Kier alpha value is -1.79. The third-order valence-electron chi connectivity index (χ3n) is 2.42. The van der Waals surface area contributed by atoms with Gasteiger partial charge in [-0.1, -0.05) is 17.3 Å². The van der Waals surface area contributed by atoms with Crippen molar-refractivity contribution in [1.82, 2.24) is 9.97 Å². The molecule has 0 spiro atoms. The van der Waals surface area contributed by atoms with E-state index in [2.05, 4.69) is 15.1 Å². The summed E-state index contributed by atoms with van der Waals surface area (Å²) in [5.74, 6) is 0. The second-order valence-electron chi connectivity index (χ2n) is 3.71. The van der Waals surface area contributed by atoms with E-state index in [0.717, 1.165) is 15.1 Å². The number of rotatable bonds is 2. The second kappa shape index (κ2) is 4.47. The van der Waals surface area contributed by atoms with Gasteiger partial charge < -0.3 is 5.21 Å². The Morgan fingerprint density at radius 1 is 1.22 bits per heavy atom. The van der Waals surface area contributed by atoms with Gasteiger partial charge in [-0.2, -0.15) is 0 Å². The molecule has 0 aliphatic carbocycles. The first-order valence-electron chi connectivity index (χ1n) is 5.29. The van der Waals surface area contributed by atoms with E-state index in [4.69, 9.17) is 0 Å². The van der Waals surface area contributed by atoms with Crippen molar-refractivity contribution in [3.63, 3.8) is 0 Å². The molecule has 1 N–H and O–H groups in total. The van der Waals surface area contributed by atoms with Gasteiger partial charge >= 0.3 is 0 Å². The predicted molar refractivity (Wildman–Crippen MR) is 73.9 cm³/mol. The molecule has 90 valence electrons. The van der Waals surface area contributed by atoms with Crippen LogP contribution < -0.4 is 0 Å². The number of oxime groups is 1. The fourth-order valence-electron chi connectivity index (χ4n) is 1.61. The number of benzene rings is 1. The maximum absolute atomic E-state index is 9.19. The normalized spacial score (nSPS) is 12.2. The molecule has 2 heterocycles. The molecular weight excluding hydrogens is 266 g/mol. The molecule has 1 aromatic carbocycles. The Bertz CT molecular complexity index is 697. The summed E-state index contributed by atoms with van der Waals surface area (Å²) < 4.78 is 1.07. The van der Waals surface area contributed by atoms with E-state index in [1.807, 2.05) is 31.2 Å². The first kappa shape index (κ1) is 11.3. The van der Waals surface area contributed by atoms with Crippen LogP contribution in [0.3, 0.4) is 0 Å². The van der Waals surface area contributed by atoms with Gasteiger partial charge in [0, 0.05) is 11.1 Å². The number of hydrogen-bond donors (Lipinski definition) is 1. The second-order valence-corrected chi connectivity index (χ2v) is 5.98. The average Bonchev–Trinajstić information content (AvgIpc) is 2.96. The zero-order valence-corrected chi connectivity index (χ0v) is 11.1. The molecule has 3 rings (SSSR count). The van der Waals surface area contributed by atoms with Crippen molar-refractivity contribution < 1.29 is 5.21 Å². The van der Waals surface area contributed by atoms with Crippen molar-refractivity contribution in [2.45, 2.75) is 6.92 Å². The van der Waals surface area contributed by atoms with Crippen LogP contribution in [0.5, 0.6) is 0 Å². The number of aromatic nitrogens is 2. The van der Waals surface area contributed by atoms with Gasteiger partial charge in [0.15, 0.2) is 5.71 Å². The van der Waals surface area contributed by atoms with Crippen LogP contribution in [0, 0.1) is 6.92 Å². The largest absolute Gasteiger partial charge is 0.410 e. The topological polar surface area (TPSA) is 58.4 Å². The lowest BCUT2D eigenvalue weighted by Crippen LogP contribution is -2.01. The van der Waals surface area contributed by atoms with Crippen LogP contribution in [0.25, 0.3) is 10.2 Å². The van der Waals surface area contributed by atoms with Crippen molar-refractivity contribution in [3.05, 3.63) is 45.4 Å². The summed E-state index contributed by atoms with van der Waals surface area (Å²) in [4.78, 5) is 9.77. The van der Waals surface area contributed by atoms with Gasteiger partial charge in [0.25, 0.3) is 0 Å². The first-order chi connectivity index (χ1) is 8.78.